The van der Waals surface area contributed by atoms with Gasteiger partial charge in [0.15, 0.2) is 0 Å². The number of amides is 1. The van der Waals surface area contributed by atoms with Crippen molar-refractivity contribution in [1.82, 2.24) is 9.80 Å². The summed E-state index contributed by atoms with van der Waals surface area (Å²) in [6, 6.07) is 0. The average Bonchev–Trinajstić information content (AvgIpc) is 2.41. The van der Waals surface area contributed by atoms with Gasteiger partial charge in [0.25, 0.3) is 0 Å². The van der Waals surface area contributed by atoms with Gasteiger partial charge in [0.1, 0.15) is 0 Å². The first-order valence-electron chi connectivity index (χ1n) is 6.77. The topological polar surface area (TPSA) is 51.2 Å². The minimum Gasteiger partial charge on any atom is -0.383 e. The van der Waals surface area contributed by atoms with Gasteiger partial charge in [-0.15, -0.1) is 0 Å². The summed E-state index contributed by atoms with van der Waals surface area (Å²) in [6.07, 6.45) is 0.129. The normalized spacial score (nSPS) is 20.0. The summed E-state index contributed by atoms with van der Waals surface area (Å²) < 4.78 is 15.6. The summed E-state index contributed by atoms with van der Waals surface area (Å²) >= 11 is 0. The Labute approximate surface area is 115 Å². The minimum atomic E-state index is 0.129. The van der Waals surface area contributed by atoms with Crippen LogP contribution in [0.1, 0.15) is 6.92 Å². The maximum Gasteiger partial charge on any atom is 0.236 e. The van der Waals surface area contributed by atoms with Crippen molar-refractivity contribution in [2.24, 2.45) is 0 Å². The SMILES string of the molecule is COCCN(CCOC)CC(=O)N1CCOC(C)C1. The summed E-state index contributed by atoms with van der Waals surface area (Å²) in [7, 11) is 3.33. The van der Waals surface area contributed by atoms with Gasteiger partial charge in [0, 0.05) is 40.4 Å². The van der Waals surface area contributed by atoms with E-state index in [0.29, 0.717) is 39.5 Å². The molecule has 0 N–H and O–H groups in total. The fourth-order valence-corrected chi connectivity index (χ4v) is 2.05. The van der Waals surface area contributed by atoms with Gasteiger partial charge in [-0.05, 0) is 6.92 Å². The zero-order valence-electron chi connectivity index (χ0n) is 12.3. The maximum absolute atomic E-state index is 12.2. The number of rotatable bonds is 8. The predicted octanol–water partition coefficient (Wildman–Crippen LogP) is -0.171. The number of hydrogen-bond acceptors (Lipinski definition) is 5. The summed E-state index contributed by atoms with van der Waals surface area (Å²) in [4.78, 5) is 16.2. The molecule has 1 fully saturated rings. The molecule has 1 heterocycles. The highest BCUT2D eigenvalue weighted by molar-refractivity contribution is 5.78. The average molecular weight is 274 g/mol. The first-order valence-corrected chi connectivity index (χ1v) is 6.77. The van der Waals surface area contributed by atoms with Crippen molar-refractivity contribution in [3.63, 3.8) is 0 Å². The molecule has 6 heteroatoms. The van der Waals surface area contributed by atoms with E-state index in [-0.39, 0.29) is 12.0 Å². The van der Waals surface area contributed by atoms with Gasteiger partial charge in [-0.2, -0.15) is 0 Å². The Balaban J connectivity index is 2.39. The molecule has 0 bridgehead atoms. The highest BCUT2D eigenvalue weighted by atomic mass is 16.5. The molecule has 1 rings (SSSR count). The Kier molecular flexibility index (Phi) is 7.97. The van der Waals surface area contributed by atoms with Gasteiger partial charge in [-0.25, -0.2) is 0 Å². The lowest BCUT2D eigenvalue weighted by Gasteiger charge is -2.33. The van der Waals surface area contributed by atoms with Crippen LogP contribution in [0.15, 0.2) is 0 Å². The standard InChI is InChI=1S/C13H26N2O4/c1-12-10-15(6-9-19-12)13(16)11-14(4-7-17-2)5-8-18-3/h12H,4-11H2,1-3H3. The largest absolute Gasteiger partial charge is 0.383 e. The smallest absolute Gasteiger partial charge is 0.236 e. The van der Waals surface area contributed by atoms with E-state index < -0.39 is 0 Å². The molecule has 1 amide bonds. The molecule has 1 aliphatic heterocycles. The molecule has 0 spiro atoms. The number of carbonyl (C=O) groups excluding carboxylic acids is 1. The second-order valence-corrected chi connectivity index (χ2v) is 4.78. The first kappa shape index (κ1) is 16.4. The van der Waals surface area contributed by atoms with Crippen molar-refractivity contribution in [2.45, 2.75) is 13.0 Å². The Morgan fingerprint density at radius 2 is 1.95 bits per heavy atom. The highest BCUT2D eigenvalue weighted by Gasteiger charge is 2.22. The van der Waals surface area contributed by atoms with E-state index in [9.17, 15) is 4.79 Å². The van der Waals surface area contributed by atoms with Crippen LogP contribution in [0.2, 0.25) is 0 Å². The number of nitrogens with zero attached hydrogens (tertiary/aromatic N) is 2. The molecule has 1 atom stereocenters. The molecular formula is C13H26N2O4. The molecule has 112 valence electrons. The maximum atomic E-state index is 12.2. The lowest BCUT2D eigenvalue weighted by Crippen LogP contribution is -2.49. The van der Waals surface area contributed by atoms with Crippen molar-refractivity contribution >= 4 is 5.91 Å². The minimum absolute atomic E-state index is 0.129. The van der Waals surface area contributed by atoms with Gasteiger partial charge in [0.2, 0.25) is 5.91 Å². The quantitative estimate of drug-likeness (QED) is 0.615. The lowest BCUT2D eigenvalue weighted by molar-refractivity contribution is -0.139. The van der Waals surface area contributed by atoms with Crippen molar-refractivity contribution in [3.05, 3.63) is 0 Å². The molecule has 0 aromatic carbocycles. The summed E-state index contributed by atoms with van der Waals surface area (Å²) in [6.45, 7) is 7.13. The van der Waals surface area contributed by atoms with Crippen molar-refractivity contribution < 1.29 is 19.0 Å². The number of morpholine rings is 1. The van der Waals surface area contributed by atoms with E-state index in [2.05, 4.69) is 4.90 Å². The second kappa shape index (κ2) is 9.25. The van der Waals surface area contributed by atoms with Crippen LogP contribution >= 0.6 is 0 Å². The number of hydrogen-bond donors (Lipinski definition) is 0. The van der Waals surface area contributed by atoms with Crippen LogP contribution in [0.25, 0.3) is 0 Å². The third-order valence-corrected chi connectivity index (χ3v) is 3.18. The molecular weight excluding hydrogens is 248 g/mol. The Morgan fingerprint density at radius 1 is 1.32 bits per heavy atom. The third kappa shape index (κ3) is 6.33. The molecule has 0 aliphatic carbocycles. The molecule has 1 saturated heterocycles. The monoisotopic (exact) mass is 274 g/mol. The molecule has 0 aromatic heterocycles. The molecule has 19 heavy (non-hydrogen) atoms. The zero-order valence-corrected chi connectivity index (χ0v) is 12.3. The zero-order chi connectivity index (χ0) is 14.1. The first-order chi connectivity index (χ1) is 9.17. The summed E-state index contributed by atoms with van der Waals surface area (Å²) in [5.41, 5.74) is 0. The lowest BCUT2D eigenvalue weighted by atomic mass is 10.3. The highest BCUT2D eigenvalue weighted by Crippen LogP contribution is 2.05. The van der Waals surface area contributed by atoms with Crippen LogP contribution < -0.4 is 0 Å². The fraction of sp³-hybridized carbons (Fsp3) is 0.923. The van der Waals surface area contributed by atoms with E-state index in [1.807, 2.05) is 11.8 Å². The Hall–Kier alpha value is -0.690. The van der Waals surface area contributed by atoms with E-state index in [4.69, 9.17) is 14.2 Å². The second-order valence-electron chi connectivity index (χ2n) is 4.78. The summed E-state index contributed by atoms with van der Waals surface area (Å²) in [5.74, 6) is 0.155. The number of methoxy groups -OCH3 is 2. The molecule has 1 unspecified atom stereocenters. The summed E-state index contributed by atoms with van der Waals surface area (Å²) in [5, 5.41) is 0. The number of ether oxygens (including phenoxy) is 3. The van der Waals surface area contributed by atoms with Crippen LogP contribution in [-0.4, -0.2) is 88.6 Å². The Bertz CT molecular complexity index is 255. The number of carbonyl (C=O) groups is 1. The van der Waals surface area contributed by atoms with Gasteiger partial charge in [0.05, 0.1) is 32.5 Å². The van der Waals surface area contributed by atoms with Crippen LogP contribution in [0, 0.1) is 0 Å². The Morgan fingerprint density at radius 3 is 2.47 bits per heavy atom. The van der Waals surface area contributed by atoms with Crippen LogP contribution in [0.5, 0.6) is 0 Å². The molecule has 0 saturated carbocycles. The molecule has 0 aromatic rings. The van der Waals surface area contributed by atoms with Crippen molar-refractivity contribution in [3.8, 4) is 0 Å². The van der Waals surface area contributed by atoms with E-state index in [0.717, 1.165) is 13.1 Å². The molecule has 0 radical (unpaired) electrons. The van der Waals surface area contributed by atoms with Crippen LogP contribution in [0.4, 0.5) is 0 Å². The fourth-order valence-electron chi connectivity index (χ4n) is 2.05. The van der Waals surface area contributed by atoms with Gasteiger partial charge >= 0.3 is 0 Å². The van der Waals surface area contributed by atoms with Gasteiger partial charge < -0.3 is 19.1 Å². The van der Waals surface area contributed by atoms with E-state index in [1.54, 1.807) is 14.2 Å². The van der Waals surface area contributed by atoms with Crippen molar-refractivity contribution in [1.29, 1.82) is 0 Å². The molecule has 6 nitrogen and oxygen atoms in total. The molecule has 1 aliphatic rings. The van der Waals surface area contributed by atoms with Gasteiger partial charge in [-0.1, -0.05) is 0 Å². The van der Waals surface area contributed by atoms with Crippen LogP contribution in [0.3, 0.4) is 0 Å². The van der Waals surface area contributed by atoms with Crippen LogP contribution in [-0.2, 0) is 19.0 Å². The van der Waals surface area contributed by atoms with E-state index in [1.165, 1.54) is 0 Å². The van der Waals surface area contributed by atoms with Gasteiger partial charge in [-0.3, -0.25) is 9.69 Å². The predicted molar refractivity (Wildman–Crippen MR) is 72.2 cm³/mol. The van der Waals surface area contributed by atoms with Crippen molar-refractivity contribution in [2.75, 3.05) is 66.8 Å². The third-order valence-electron chi connectivity index (χ3n) is 3.18. The van der Waals surface area contributed by atoms with E-state index >= 15 is 0 Å².